The summed E-state index contributed by atoms with van der Waals surface area (Å²) in [5.41, 5.74) is 7.55. The van der Waals surface area contributed by atoms with Crippen LogP contribution in [0, 0.1) is 6.92 Å². The van der Waals surface area contributed by atoms with E-state index in [9.17, 15) is 9.59 Å². The second-order valence-electron chi connectivity index (χ2n) is 11.0. The summed E-state index contributed by atoms with van der Waals surface area (Å²) in [5, 5.41) is 3.81. The van der Waals surface area contributed by atoms with Crippen molar-refractivity contribution in [3.05, 3.63) is 125 Å². The van der Waals surface area contributed by atoms with Crippen LogP contribution < -0.4 is 15.1 Å². The van der Waals surface area contributed by atoms with Crippen LogP contribution in [0.2, 0.25) is 0 Å². The highest BCUT2D eigenvalue weighted by molar-refractivity contribution is 6.15. The molecule has 6 nitrogen and oxygen atoms in total. The van der Waals surface area contributed by atoms with E-state index in [0.717, 1.165) is 35.6 Å². The number of likely N-dealkylation sites (N-methyl/N-ethyl adjacent to an activating group) is 1. The van der Waals surface area contributed by atoms with Crippen molar-refractivity contribution in [1.29, 1.82) is 0 Å². The van der Waals surface area contributed by atoms with Crippen LogP contribution >= 0.6 is 0 Å². The Kier molecular flexibility index (Phi) is 6.64. The lowest BCUT2D eigenvalue weighted by molar-refractivity contribution is -0.117. The molecule has 4 aromatic rings. The molecule has 6 heteroatoms. The molecule has 1 N–H and O–H groups in total. The van der Waals surface area contributed by atoms with Gasteiger partial charge < -0.3 is 15.1 Å². The van der Waals surface area contributed by atoms with Gasteiger partial charge in [0.1, 0.15) is 6.54 Å². The highest BCUT2D eigenvalue weighted by Gasteiger charge is 2.40. The number of nitrogens with one attached hydrogen (secondary N) is 1. The number of benzene rings is 4. The summed E-state index contributed by atoms with van der Waals surface area (Å²) in [6, 6.07) is 32.6. The third-order valence-corrected chi connectivity index (χ3v) is 8.06. The van der Waals surface area contributed by atoms with E-state index in [0.29, 0.717) is 12.1 Å². The molecule has 0 aromatic heterocycles. The minimum absolute atomic E-state index is 0.0230. The van der Waals surface area contributed by atoms with Crippen molar-refractivity contribution < 1.29 is 9.59 Å². The minimum atomic E-state index is -0.431. The van der Waals surface area contributed by atoms with Gasteiger partial charge in [0.05, 0.1) is 16.9 Å². The third kappa shape index (κ3) is 4.54. The summed E-state index contributed by atoms with van der Waals surface area (Å²) in [5.74, 6) is -0.247. The van der Waals surface area contributed by atoms with Crippen LogP contribution in [-0.4, -0.2) is 50.4 Å². The van der Waals surface area contributed by atoms with E-state index >= 15 is 0 Å². The lowest BCUT2D eigenvalue weighted by Gasteiger charge is -2.36. The number of aryl methyl sites for hydroxylation is 1. The topological polar surface area (TPSA) is 55.9 Å². The highest BCUT2D eigenvalue weighted by atomic mass is 16.2. The average Bonchev–Trinajstić information content (AvgIpc) is 3.37. The monoisotopic (exact) mass is 530 g/mol. The molecule has 1 unspecified atom stereocenters. The number of carbonyl (C=O) groups is 2. The Morgan fingerprint density at radius 1 is 0.850 bits per heavy atom. The van der Waals surface area contributed by atoms with Gasteiger partial charge in [-0.15, -0.1) is 0 Å². The molecule has 0 bridgehead atoms. The first-order valence-corrected chi connectivity index (χ1v) is 13.8. The number of carbonyl (C=O) groups excluding carboxylic acids is 2. The van der Waals surface area contributed by atoms with Gasteiger partial charge in [0.2, 0.25) is 5.91 Å². The molecule has 1 atom stereocenters. The fourth-order valence-corrected chi connectivity index (χ4v) is 5.85. The van der Waals surface area contributed by atoms with Crippen LogP contribution in [0.1, 0.15) is 32.6 Å². The molecule has 0 aliphatic carbocycles. The van der Waals surface area contributed by atoms with Gasteiger partial charge in [-0.05, 0) is 68.0 Å². The standard InChI is InChI=1S/C34H34N4O2/c1-24-12-16-27(17-13-24)34(22-26-8-4-5-9-29(26)35-34)28-18-14-25(15-19-28)33(40)38-23-32(39)37(21-20-36(2)3)30-10-6-7-11-31(30)38/h4-19,35H,20-23H2,1-3H3. The van der Waals surface area contributed by atoms with Crippen LogP contribution in [0.5, 0.6) is 0 Å². The quantitative estimate of drug-likeness (QED) is 0.360. The van der Waals surface area contributed by atoms with Gasteiger partial charge in [-0.3, -0.25) is 14.5 Å². The van der Waals surface area contributed by atoms with E-state index in [2.05, 4.69) is 65.7 Å². The Hall–Kier alpha value is -4.42. The number of amides is 2. The summed E-state index contributed by atoms with van der Waals surface area (Å²) in [4.78, 5) is 32.4. The van der Waals surface area contributed by atoms with E-state index in [4.69, 9.17) is 0 Å². The molecule has 2 heterocycles. The molecule has 4 aromatic carbocycles. The largest absolute Gasteiger partial charge is 0.371 e. The number of para-hydroxylation sites is 3. The van der Waals surface area contributed by atoms with Crippen molar-refractivity contribution in [1.82, 2.24) is 4.90 Å². The molecule has 2 amide bonds. The number of anilines is 3. The van der Waals surface area contributed by atoms with E-state index in [1.54, 1.807) is 9.80 Å². The Morgan fingerprint density at radius 2 is 1.48 bits per heavy atom. The number of hydrogen-bond donors (Lipinski definition) is 1. The third-order valence-electron chi connectivity index (χ3n) is 8.06. The van der Waals surface area contributed by atoms with Crippen molar-refractivity contribution in [3.63, 3.8) is 0 Å². The van der Waals surface area contributed by atoms with Crippen molar-refractivity contribution in [3.8, 4) is 0 Å². The Balaban J connectivity index is 1.32. The van der Waals surface area contributed by atoms with Gasteiger partial charge in [0, 0.05) is 30.8 Å². The summed E-state index contributed by atoms with van der Waals surface area (Å²) < 4.78 is 0. The van der Waals surface area contributed by atoms with Crippen molar-refractivity contribution in [2.75, 3.05) is 48.8 Å². The summed E-state index contributed by atoms with van der Waals surface area (Å²) in [7, 11) is 3.98. The zero-order valence-corrected chi connectivity index (χ0v) is 23.2. The van der Waals surface area contributed by atoms with Crippen LogP contribution in [0.3, 0.4) is 0 Å². The molecular weight excluding hydrogens is 496 g/mol. The maximum Gasteiger partial charge on any atom is 0.258 e. The SMILES string of the molecule is Cc1ccc(C2(c3ccc(C(=O)N4CC(=O)N(CCN(C)C)c5ccccc54)cc3)Cc3ccccc3N2)cc1. The number of nitrogens with zero attached hydrogens (tertiary/aromatic N) is 3. The first-order chi connectivity index (χ1) is 19.4. The lowest BCUT2D eigenvalue weighted by Crippen LogP contribution is -2.49. The lowest BCUT2D eigenvalue weighted by atomic mass is 9.80. The highest BCUT2D eigenvalue weighted by Crippen LogP contribution is 2.44. The van der Waals surface area contributed by atoms with Crippen LogP contribution in [0.15, 0.2) is 97.1 Å². The molecule has 40 heavy (non-hydrogen) atoms. The van der Waals surface area contributed by atoms with E-state index < -0.39 is 5.54 Å². The molecule has 0 saturated heterocycles. The van der Waals surface area contributed by atoms with Gasteiger partial charge in [0.15, 0.2) is 0 Å². The van der Waals surface area contributed by atoms with Crippen LogP contribution in [0.25, 0.3) is 0 Å². The van der Waals surface area contributed by atoms with E-state index in [1.807, 2.05) is 62.6 Å². The van der Waals surface area contributed by atoms with E-state index in [1.165, 1.54) is 16.7 Å². The first-order valence-electron chi connectivity index (χ1n) is 13.8. The maximum atomic E-state index is 13.8. The fraction of sp³-hybridized carbons (Fsp3) is 0.235. The zero-order valence-electron chi connectivity index (χ0n) is 23.2. The number of hydrogen-bond acceptors (Lipinski definition) is 4. The second kappa shape index (κ2) is 10.3. The first kappa shape index (κ1) is 25.8. The van der Waals surface area contributed by atoms with E-state index in [-0.39, 0.29) is 18.4 Å². The maximum absolute atomic E-state index is 13.8. The normalized spacial score (nSPS) is 17.9. The van der Waals surface area contributed by atoms with Crippen molar-refractivity contribution in [2.24, 2.45) is 0 Å². The number of fused-ring (bicyclic) bond motifs is 2. The molecule has 6 rings (SSSR count). The summed E-state index contributed by atoms with van der Waals surface area (Å²) >= 11 is 0. The molecular formula is C34H34N4O2. The van der Waals surface area contributed by atoms with Gasteiger partial charge in [0.25, 0.3) is 5.91 Å². The van der Waals surface area contributed by atoms with Gasteiger partial charge in [-0.2, -0.15) is 0 Å². The predicted octanol–water partition coefficient (Wildman–Crippen LogP) is 5.46. The average molecular weight is 531 g/mol. The Labute approximate surface area is 235 Å². The summed E-state index contributed by atoms with van der Waals surface area (Å²) in [6.45, 7) is 3.44. The minimum Gasteiger partial charge on any atom is -0.371 e. The number of rotatable bonds is 6. The molecule has 0 saturated carbocycles. The second-order valence-corrected chi connectivity index (χ2v) is 11.0. The molecule has 0 fully saturated rings. The Morgan fingerprint density at radius 3 is 2.15 bits per heavy atom. The molecule has 202 valence electrons. The van der Waals surface area contributed by atoms with Gasteiger partial charge in [-0.25, -0.2) is 0 Å². The molecule has 2 aliphatic heterocycles. The van der Waals surface area contributed by atoms with Crippen molar-refractivity contribution in [2.45, 2.75) is 18.9 Å². The summed E-state index contributed by atoms with van der Waals surface area (Å²) in [6.07, 6.45) is 0.816. The molecule has 2 aliphatic rings. The smallest absolute Gasteiger partial charge is 0.258 e. The van der Waals surface area contributed by atoms with Gasteiger partial charge in [-0.1, -0.05) is 72.3 Å². The van der Waals surface area contributed by atoms with Crippen LogP contribution in [-0.2, 0) is 16.8 Å². The van der Waals surface area contributed by atoms with Crippen molar-refractivity contribution >= 4 is 28.9 Å². The zero-order chi connectivity index (χ0) is 27.9. The fourth-order valence-electron chi connectivity index (χ4n) is 5.85. The molecule has 0 spiro atoms. The van der Waals surface area contributed by atoms with Crippen LogP contribution in [0.4, 0.5) is 17.1 Å². The Bertz CT molecular complexity index is 1530. The van der Waals surface area contributed by atoms with Gasteiger partial charge >= 0.3 is 0 Å². The predicted molar refractivity (Wildman–Crippen MR) is 161 cm³/mol. The molecule has 0 radical (unpaired) electrons.